The molecule has 0 radical (unpaired) electrons. The topological polar surface area (TPSA) is 93.7 Å². The quantitative estimate of drug-likeness (QED) is 0.810. The lowest BCUT2D eigenvalue weighted by molar-refractivity contribution is -0.148. The number of fused-ring (bicyclic) bond motifs is 2. The molecule has 2 fully saturated rings. The molecule has 8 heteroatoms. The van der Waals surface area contributed by atoms with Crippen molar-refractivity contribution >= 4 is 26.9 Å². The summed E-state index contributed by atoms with van der Waals surface area (Å²) in [6, 6.07) is 8.13. The maximum Gasteiger partial charge on any atom is 0.312 e. The summed E-state index contributed by atoms with van der Waals surface area (Å²) in [6.45, 7) is 2.18. The zero-order chi connectivity index (χ0) is 18.5. The van der Waals surface area contributed by atoms with E-state index in [4.69, 9.17) is 0 Å². The molecule has 1 aromatic carbocycles. The van der Waals surface area contributed by atoms with Crippen LogP contribution in [0.25, 0.3) is 10.9 Å². The lowest BCUT2D eigenvalue weighted by Gasteiger charge is -2.24. The third kappa shape index (κ3) is 2.82. The fraction of sp³-hybridized carbons (Fsp3) is 0.500. The van der Waals surface area contributed by atoms with Crippen molar-refractivity contribution in [2.24, 2.45) is 11.3 Å². The molecule has 0 aliphatic carbocycles. The molecule has 1 aromatic heterocycles. The standard InChI is InChI=1S/C18H23N3O4S/c1-26(24,25)21-10-14-9-20(11-18(14,12-21)17(22)23)7-6-13-8-19-16-5-3-2-4-15(13)16/h2-5,8,14,19H,6-7,9-12H2,1H3,(H,22,23)/t14-,18-/m1/s1. The minimum Gasteiger partial charge on any atom is -0.481 e. The van der Waals surface area contributed by atoms with Gasteiger partial charge in [0.1, 0.15) is 0 Å². The second-order valence-corrected chi connectivity index (χ2v) is 9.54. The summed E-state index contributed by atoms with van der Waals surface area (Å²) in [4.78, 5) is 17.4. The number of hydrogen-bond donors (Lipinski definition) is 2. The monoisotopic (exact) mass is 377 g/mol. The van der Waals surface area contributed by atoms with E-state index in [1.54, 1.807) is 0 Å². The van der Waals surface area contributed by atoms with Crippen molar-refractivity contribution in [3.63, 3.8) is 0 Å². The van der Waals surface area contributed by atoms with E-state index in [1.165, 1.54) is 15.3 Å². The van der Waals surface area contributed by atoms with E-state index in [2.05, 4.69) is 16.0 Å². The van der Waals surface area contributed by atoms with Crippen molar-refractivity contribution in [3.8, 4) is 0 Å². The van der Waals surface area contributed by atoms with E-state index in [9.17, 15) is 18.3 Å². The molecule has 2 aliphatic heterocycles. The normalized spacial score (nSPS) is 27.2. The van der Waals surface area contributed by atoms with Gasteiger partial charge in [-0.1, -0.05) is 18.2 Å². The number of sulfonamides is 1. The number of nitrogens with zero attached hydrogens (tertiary/aromatic N) is 2. The summed E-state index contributed by atoms with van der Waals surface area (Å²) in [7, 11) is -3.36. The average Bonchev–Trinajstić information content (AvgIpc) is 3.22. The summed E-state index contributed by atoms with van der Waals surface area (Å²) in [5, 5.41) is 11.0. The predicted octanol–water partition coefficient (Wildman–Crippen LogP) is 0.988. The molecule has 0 amide bonds. The van der Waals surface area contributed by atoms with Crippen LogP contribution in [0.3, 0.4) is 0 Å². The maximum absolute atomic E-state index is 12.0. The Morgan fingerprint density at radius 1 is 1.31 bits per heavy atom. The summed E-state index contributed by atoms with van der Waals surface area (Å²) in [6.07, 6.45) is 4.00. The minimum absolute atomic E-state index is 0.0788. The van der Waals surface area contributed by atoms with Gasteiger partial charge >= 0.3 is 5.97 Å². The maximum atomic E-state index is 12.0. The van der Waals surface area contributed by atoms with Gasteiger partial charge in [0.15, 0.2) is 0 Å². The number of hydrogen-bond acceptors (Lipinski definition) is 4. The zero-order valence-electron chi connectivity index (χ0n) is 14.7. The summed E-state index contributed by atoms with van der Waals surface area (Å²) in [5.41, 5.74) is 1.34. The fourth-order valence-corrected chi connectivity index (χ4v) is 5.38. The first kappa shape index (κ1) is 17.5. The van der Waals surface area contributed by atoms with Crippen LogP contribution in [0.15, 0.2) is 30.5 Å². The highest BCUT2D eigenvalue weighted by Gasteiger charge is 2.58. The molecule has 26 heavy (non-hydrogen) atoms. The Morgan fingerprint density at radius 2 is 2.08 bits per heavy atom. The minimum atomic E-state index is -3.36. The highest BCUT2D eigenvalue weighted by Crippen LogP contribution is 2.43. The van der Waals surface area contributed by atoms with Gasteiger partial charge in [0.05, 0.1) is 11.7 Å². The molecular weight excluding hydrogens is 354 g/mol. The number of aromatic amines is 1. The van der Waals surface area contributed by atoms with Crippen molar-refractivity contribution in [3.05, 3.63) is 36.0 Å². The smallest absolute Gasteiger partial charge is 0.312 e. The molecule has 2 atom stereocenters. The predicted molar refractivity (Wildman–Crippen MR) is 98.4 cm³/mol. The number of aliphatic carboxylic acids is 1. The first-order valence-electron chi connectivity index (χ1n) is 8.75. The Labute approximate surface area is 152 Å². The van der Waals surface area contributed by atoms with Crippen LogP contribution in [0.4, 0.5) is 0 Å². The third-order valence-electron chi connectivity index (χ3n) is 5.92. The lowest BCUT2D eigenvalue weighted by Crippen LogP contribution is -2.42. The van der Waals surface area contributed by atoms with E-state index < -0.39 is 21.4 Å². The number of benzene rings is 1. The van der Waals surface area contributed by atoms with Gasteiger partial charge in [-0.05, 0) is 18.1 Å². The third-order valence-corrected chi connectivity index (χ3v) is 7.13. The molecule has 140 valence electrons. The number of para-hydroxylation sites is 1. The Bertz CT molecular complexity index is 954. The summed E-state index contributed by atoms with van der Waals surface area (Å²) >= 11 is 0. The molecule has 0 spiro atoms. The summed E-state index contributed by atoms with van der Waals surface area (Å²) < 4.78 is 25.0. The van der Waals surface area contributed by atoms with Gasteiger partial charge in [0.25, 0.3) is 0 Å². The molecule has 3 heterocycles. The van der Waals surface area contributed by atoms with Crippen LogP contribution in [-0.4, -0.2) is 72.7 Å². The first-order chi connectivity index (χ1) is 12.3. The Hall–Kier alpha value is -1.90. The van der Waals surface area contributed by atoms with E-state index in [1.807, 2.05) is 24.4 Å². The van der Waals surface area contributed by atoms with E-state index in [-0.39, 0.29) is 12.5 Å². The Morgan fingerprint density at radius 3 is 2.77 bits per heavy atom. The largest absolute Gasteiger partial charge is 0.481 e. The second-order valence-electron chi connectivity index (χ2n) is 7.56. The number of aromatic nitrogens is 1. The molecule has 7 nitrogen and oxygen atoms in total. The van der Waals surface area contributed by atoms with E-state index in [0.29, 0.717) is 19.6 Å². The second kappa shape index (κ2) is 6.07. The number of likely N-dealkylation sites (tertiary alicyclic amines) is 1. The Kier molecular flexibility index (Phi) is 4.09. The van der Waals surface area contributed by atoms with Gasteiger partial charge in [0.2, 0.25) is 10.0 Å². The molecule has 0 bridgehead atoms. The highest BCUT2D eigenvalue weighted by molar-refractivity contribution is 7.88. The van der Waals surface area contributed by atoms with Gasteiger partial charge in [-0.2, -0.15) is 0 Å². The molecule has 2 saturated heterocycles. The van der Waals surface area contributed by atoms with Crippen LogP contribution in [0.5, 0.6) is 0 Å². The number of carboxylic acids is 1. The van der Waals surface area contributed by atoms with Crippen molar-refractivity contribution in [2.75, 3.05) is 39.0 Å². The van der Waals surface area contributed by atoms with Crippen molar-refractivity contribution < 1.29 is 18.3 Å². The molecule has 0 unspecified atom stereocenters. The lowest BCUT2D eigenvalue weighted by atomic mass is 9.81. The van der Waals surface area contributed by atoms with Crippen molar-refractivity contribution in [2.45, 2.75) is 6.42 Å². The first-order valence-corrected chi connectivity index (χ1v) is 10.6. The molecule has 0 saturated carbocycles. The Balaban J connectivity index is 1.47. The molecule has 2 N–H and O–H groups in total. The van der Waals surface area contributed by atoms with Gasteiger partial charge in [0, 0.05) is 55.7 Å². The molecular formula is C18H23N3O4S. The van der Waals surface area contributed by atoms with Crippen LogP contribution in [-0.2, 0) is 21.2 Å². The van der Waals surface area contributed by atoms with Crippen LogP contribution in [0.2, 0.25) is 0 Å². The average molecular weight is 377 g/mol. The van der Waals surface area contributed by atoms with Crippen LogP contribution in [0, 0.1) is 11.3 Å². The van der Waals surface area contributed by atoms with Gasteiger partial charge in [-0.3, -0.25) is 4.79 Å². The number of carboxylic acid groups (broad SMARTS) is 1. The van der Waals surface area contributed by atoms with Crippen LogP contribution < -0.4 is 0 Å². The number of rotatable bonds is 5. The summed E-state index contributed by atoms with van der Waals surface area (Å²) in [5.74, 6) is -1.04. The number of carbonyl (C=O) groups is 1. The molecule has 2 aliphatic rings. The number of H-pyrrole nitrogens is 1. The molecule has 2 aromatic rings. The number of nitrogens with one attached hydrogen (secondary N) is 1. The van der Waals surface area contributed by atoms with Crippen LogP contribution >= 0.6 is 0 Å². The highest BCUT2D eigenvalue weighted by atomic mass is 32.2. The van der Waals surface area contributed by atoms with Crippen molar-refractivity contribution in [1.29, 1.82) is 0 Å². The van der Waals surface area contributed by atoms with Gasteiger partial charge in [-0.15, -0.1) is 0 Å². The SMILES string of the molecule is CS(=O)(=O)N1C[C@H]2CN(CCc3c[nH]c4ccccc34)C[C@@]2(C(=O)O)C1. The van der Waals surface area contributed by atoms with Crippen molar-refractivity contribution in [1.82, 2.24) is 14.2 Å². The molecule has 4 rings (SSSR count). The zero-order valence-corrected chi connectivity index (χ0v) is 15.5. The van der Waals surface area contributed by atoms with Gasteiger partial charge < -0.3 is 15.0 Å². The van der Waals surface area contributed by atoms with E-state index >= 15 is 0 Å². The van der Waals surface area contributed by atoms with E-state index in [0.717, 1.165) is 24.7 Å². The van der Waals surface area contributed by atoms with Crippen LogP contribution in [0.1, 0.15) is 5.56 Å². The van der Waals surface area contributed by atoms with Gasteiger partial charge in [-0.25, -0.2) is 12.7 Å². The fourth-order valence-electron chi connectivity index (χ4n) is 4.47.